The second-order valence-corrected chi connectivity index (χ2v) is 4.81. The van der Waals surface area contributed by atoms with Gasteiger partial charge in [-0.3, -0.25) is 0 Å². The number of benzene rings is 2. The first-order valence-electron chi connectivity index (χ1n) is 6.00. The highest BCUT2D eigenvalue weighted by atomic mass is 35.5. The second-order valence-electron chi connectivity index (χ2n) is 4.40. The average molecular weight is 282 g/mol. The smallest absolute Gasteiger partial charge is 0.128 e. The highest BCUT2D eigenvalue weighted by Gasteiger charge is 2.18. The van der Waals surface area contributed by atoms with Gasteiger partial charge in [0, 0.05) is 16.5 Å². The van der Waals surface area contributed by atoms with Gasteiger partial charge in [-0.2, -0.15) is 0 Å². The molecule has 0 spiro atoms. The molecule has 0 aliphatic carbocycles. The lowest BCUT2D eigenvalue weighted by Gasteiger charge is -2.17. The largest absolute Gasteiger partial charge is 0.330 e. The zero-order valence-corrected chi connectivity index (χ0v) is 11.0. The van der Waals surface area contributed by atoms with Crippen LogP contribution in [0.15, 0.2) is 42.5 Å². The van der Waals surface area contributed by atoms with Crippen molar-refractivity contribution in [2.24, 2.45) is 5.73 Å². The summed E-state index contributed by atoms with van der Waals surface area (Å²) in [6.45, 7) is 0.276. The lowest BCUT2D eigenvalue weighted by molar-refractivity contribution is 0.575. The van der Waals surface area contributed by atoms with Crippen molar-refractivity contribution in [3.8, 4) is 0 Å². The standard InChI is InChI=1S/C15H14ClF2N/c16-13-2-1-3-14(18)15(13)11(9-19)8-10-4-6-12(17)7-5-10/h1-7,11H,8-9,19H2. The fourth-order valence-corrected chi connectivity index (χ4v) is 2.43. The van der Waals surface area contributed by atoms with Crippen LogP contribution in [0.1, 0.15) is 17.0 Å². The second kappa shape index (κ2) is 6.13. The highest BCUT2D eigenvalue weighted by Crippen LogP contribution is 2.29. The van der Waals surface area contributed by atoms with Gasteiger partial charge in [0.1, 0.15) is 11.6 Å². The third kappa shape index (κ3) is 3.31. The minimum Gasteiger partial charge on any atom is -0.330 e. The van der Waals surface area contributed by atoms with Crippen LogP contribution >= 0.6 is 11.6 Å². The maximum Gasteiger partial charge on any atom is 0.128 e. The van der Waals surface area contributed by atoms with Crippen molar-refractivity contribution in [3.63, 3.8) is 0 Å². The molecule has 0 fully saturated rings. The molecule has 0 heterocycles. The first-order chi connectivity index (χ1) is 9.11. The summed E-state index contributed by atoms with van der Waals surface area (Å²) in [6, 6.07) is 10.7. The zero-order valence-electron chi connectivity index (χ0n) is 10.2. The van der Waals surface area contributed by atoms with Gasteiger partial charge in [-0.05, 0) is 42.8 Å². The van der Waals surface area contributed by atoms with Crippen molar-refractivity contribution < 1.29 is 8.78 Å². The van der Waals surface area contributed by atoms with Crippen LogP contribution in [-0.4, -0.2) is 6.54 Å². The van der Waals surface area contributed by atoms with E-state index in [1.165, 1.54) is 18.2 Å². The van der Waals surface area contributed by atoms with Crippen LogP contribution in [0.4, 0.5) is 8.78 Å². The molecule has 0 bridgehead atoms. The first kappa shape index (κ1) is 14.0. The SMILES string of the molecule is NCC(Cc1ccc(F)cc1)c1c(F)cccc1Cl. The number of halogens is 3. The summed E-state index contributed by atoms with van der Waals surface area (Å²) in [4.78, 5) is 0. The maximum absolute atomic E-state index is 13.9. The molecule has 0 saturated heterocycles. The molecule has 1 nitrogen and oxygen atoms in total. The Morgan fingerprint density at radius 3 is 2.32 bits per heavy atom. The van der Waals surface area contributed by atoms with Gasteiger partial charge in [0.05, 0.1) is 0 Å². The number of rotatable bonds is 4. The minimum atomic E-state index is -0.356. The van der Waals surface area contributed by atoms with Crippen LogP contribution in [0.5, 0.6) is 0 Å². The Kier molecular flexibility index (Phi) is 4.51. The molecule has 0 aliphatic heterocycles. The highest BCUT2D eigenvalue weighted by molar-refractivity contribution is 6.31. The van der Waals surface area contributed by atoms with E-state index in [1.807, 2.05) is 0 Å². The molecule has 1 atom stereocenters. The Balaban J connectivity index is 2.27. The van der Waals surface area contributed by atoms with Gasteiger partial charge in [-0.15, -0.1) is 0 Å². The van der Waals surface area contributed by atoms with Gasteiger partial charge in [-0.25, -0.2) is 8.78 Å². The van der Waals surface area contributed by atoms with Crippen LogP contribution in [0.3, 0.4) is 0 Å². The molecule has 2 aromatic carbocycles. The van der Waals surface area contributed by atoms with Gasteiger partial charge in [0.25, 0.3) is 0 Å². The van der Waals surface area contributed by atoms with Gasteiger partial charge in [-0.1, -0.05) is 29.8 Å². The average Bonchev–Trinajstić information content (AvgIpc) is 2.39. The topological polar surface area (TPSA) is 26.0 Å². The summed E-state index contributed by atoms with van der Waals surface area (Å²) in [7, 11) is 0. The van der Waals surface area contributed by atoms with Crippen LogP contribution in [0, 0.1) is 11.6 Å². The fraction of sp³-hybridized carbons (Fsp3) is 0.200. The van der Waals surface area contributed by atoms with Gasteiger partial charge in [0.2, 0.25) is 0 Å². The van der Waals surface area contributed by atoms with E-state index < -0.39 is 0 Å². The molecule has 0 aliphatic rings. The van der Waals surface area contributed by atoms with Crippen molar-refractivity contribution in [1.29, 1.82) is 0 Å². The Morgan fingerprint density at radius 2 is 1.74 bits per heavy atom. The summed E-state index contributed by atoms with van der Waals surface area (Å²) in [6.07, 6.45) is 0.525. The van der Waals surface area contributed by atoms with Crippen molar-refractivity contribution in [2.75, 3.05) is 6.54 Å². The molecular formula is C15H14ClF2N. The van der Waals surface area contributed by atoms with E-state index in [1.54, 1.807) is 24.3 Å². The molecule has 0 saturated carbocycles. The summed E-state index contributed by atoms with van der Waals surface area (Å²) >= 11 is 6.04. The molecule has 2 aromatic rings. The predicted octanol–water partition coefficient (Wildman–Crippen LogP) is 3.90. The van der Waals surface area contributed by atoms with E-state index in [4.69, 9.17) is 17.3 Å². The van der Waals surface area contributed by atoms with Crippen molar-refractivity contribution in [1.82, 2.24) is 0 Å². The normalized spacial score (nSPS) is 12.4. The van der Waals surface area contributed by atoms with Crippen LogP contribution in [-0.2, 0) is 6.42 Å². The number of hydrogen-bond donors (Lipinski definition) is 1. The molecule has 100 valence electrons. The van der Waals surface area contributed by atoms with Gasteiger partial charge in [0.15, 0.2) is 0 Å². The number of nitrogens with two attached hydrogens (primary N) is 1. The Labute approximate surface area is 116 Å². The van der Waals surface area contributed by atoms with E-state index in [2.05, 4.69) is 0 Å². The molecule has 2 N–H and O–H groups in total. The molecule has 0 radical (unpaired) electrons. The third-order valence-electron chi connectivity index (χ3n) is 3.09. The fourth-order valence-electron chi connectivity index (χ4n) is 2.11. The molecule has 19 heavy (non-hydrogen) atoms. The van der Waals surface area contributed by atoms with E-state index in [-0.39, 0.29) is 24.1 Å². The monoisotopic (exact) mass is 281 g/mol. The molecule has 0 amide bonds. The predicted molar refractivity (Wildman–Crippen MR) is 73.3 cm³/mol. The van der Waals surface area contributed by atoms with E-state index in [0.29, 0.717) is 17.0 Å². The Hall–Kier alpha value is -1.45. The molecule has 1 unspecified atom stereocenters. The summed E-state index contributed by atoms with van der Waals surface area (Å²) in [5.74, 6) is -0.874. The van der Waals surface area contributed by atoms with Crippen LogP contribution < -0.4 is 5.73 Å². The van der Waals surface area contributed by atoms with E-state index >= 15 is 0 Å². The zero-order chi connectivity index (χ0) is 13.8. The lowest BCUT2D eigenvalue weighted by Crippen LogP contribution is -2.17. The van der Waals surface area contributed by atoms with Crippen LogP contribution in [0.25, 0.3) is 0 Å². The summed E-state index contributed by atoms with van der Waals surface area (Å²) < 4.78 is 26.7. The van der Waals surface area contributed by atoms with Crippen molar-refractivity contribution in [2.45, 2.75) is 12.3 Å². The molecular weight excluding hydrogens is 268 g/mol. The molecule has 0 aromatic heterocycles. The Morgan fingerprint density at radius 1 is 1.05 bits per heavy atom. The number of hydrogen-bond acceptors (Lipinski definition) is 1. The molecule has 4 heteroatoms. The van der Waals surface area contributed by atoms with E-state index in [0.717, 1.165) is 5.56 Å². The van der Waals surface area contributed by atoms with Gasteiger partial charge < -0.3 is 5.73 Å². The quantitative estimate of drug-likeness (QED) is 0.904. The maximum atomic E-state index is 13.9. The van der Waals surface area contributed by atoms with Crippen LogP contribution in [0.2, 0.25) is 5.02 Å². The lowest BCUT2D eigenvalue weighted by atomic mass is 9.91. The van der Waals surface area contributed by atoms with E-state index in [9.17, 15) is 8.78 Å². The summed E-state index contributed by atoms with van der Waals surface area (Å²) in [5.41, 5.74) is 7.05. The van der Waals surface area contributed by atoms with Crippen molar-refractivity contribution in [3.05, 3.63) is 70.2 Å². The van der Waals surface area contributed by atoms with Gasteiger partial charge >= 0.3 is 0 Å². The van der Waals surface area contributed by atoms with Crippen molar-refractivity contribution >= 4 is 11.6 Å². The minimum absolute atomic E-state index is 0.223. The first-order valence-corrected chi connectivity index (χ1v) is 6.38. The molecule has 2 rings (SSSR count). The Bertz CT molecular complexity index is 534. The third-order valence-corrected chi connectivity index (χ3v) is 3.42. The summed E-state index contributed by atoms with van der Waals surface area (Å²) in [5, 5.41) is 0.373.